The zero-order valence-electron chi connectivity index (χ0n) is 9.37. The highest BCUT2D eigenvalue weighted by Crippen LogP contribution is 2.15. The Kier molecular flexibility index (Phi) is 5.20. The van der Waals surface area contributed by atoms with Gasteiger partial charge in [-0.2, -0.15) is 5.06 Å². The minimum Gasteiger partial charge on any atom is -0.338 e. The maximum Gasteiger partial charge on any atom is 0.337 e. The first kappa shape index (κ1) is 12.9. The normalized spacial score (nSPS) is 10.9. The number of amides is 1. The molecule has 0 aromatic heterocycles. The fraction of sp³-hybridized carbons (Fsp3) is 0.800. The van der Waals surface area contributed by atoms with Crippen molar-refractivity contribution in [3.8, 4) is 0 Å². The Labute approximate surface area is 85.2 Å². The standard InChI is InChI=1S/C10H19NO3/c1-5-6-7-11(8-12)14-9(13)10(2,3)4/h8H,5-7H2,1-4H3. The van der Waals surface area contributed by atoms with E-state index in [1.54, 1.807) is 20.8 Å². The van der Waals surface area contributed by atoms with E-state index >= 15 is 0 Å². The molecule has 0 radical (unpaired) electrons. The zero-order valence-corrected chi connectivity index (χ0v) is 9.37. The number of rotatable bonds is 5. The molecule has 0 N–H and O–H groups in total. The third kappa shape index (κ3) is 4.84. The van der Waals surface area contributed by atoms with Crippen molar-refractivity contribution in [1.29, 1.82) is 0 Å². The monoisotopic (exact) mass is 201 g/mol. The van der Waals surface area contributed by atoms with Gasteiger partial charge in [-0.25, -0.2) is 4.79 Å². The summed E-state index contributed by atoms with van der Waals surface area (Å²) in [6, 6.07) is 0. The van der Waals surface area contributed by atoms with Crippen LogP contribution >= 0.6 is 0 Å². The van der Waals surface area contributed by atoms with Gasteiger partial charge >= 0.3 is 5.97 Å². The molecule has 0 saturated carbocycles. The summed E-state index contributed by atoms with van der Waals surface area (Å²) in [5, 5.41) is 1.05. The Morgan fingerprint density at radius 1 is 1.43 bits per heavy atom. The molecule has 0 fully saturated rings. The van der Waals surface area contributed by atoms with Crippen molar-refractivity contribution in [1.82, 2.24) is 5.06 Å². The van der Waals surface area contributed by atoms with Crippen molar-refractivity contribution < 1.29 is 14.4 Å². The van der Waals surface area contributed by atoms with Crippen LogP contribution in [0.3, 0.4) is 0 Å². The molecular formula is C10H19NO3. The minimum atomic E-state index is -0.576. The third-order valence-corrected chi connectivity index (χ3v) is 1.66. The fourth-order valence-corrected chi connectivity index (χ4v) is 0.677. The van der Waals surface area contributed by atoms with Crippen molar-refractivity contribution >= 4 is 12.4 Å². The molecule has 1 amide bonds. The second kappa shape index (κ2) is 5.62. The third-order valence-electron chi connectivity index (χ3n) is 1.66. The highest BCUT2D eigenvalue weighted by atomic mass is 16.7. The molecule has 4 nitrogen and oxygen atoms in total. The predicted molar refractivity (Wildman–Crippen MR) is 53.2 cm³/mol. The van der Waals surface area contributed by atoms with Gasteiger partial charge in [-0.15, -0.1) is 0 Å². The zero-order chi connectivity index (χ0) is 11.2. The molecule has 0 aliphatic rings. The van der Waals surface area contributed by atoms with Crippen molar-refractivity contribution in [2.45, 2.75) is 40.5 Å². The molecule has 82 valence electrons. The molecule has 0 atom stereocenters. The lowest BCUT2D eigenvalue weighted by atomic mass is 9.98. The Bertz CT molecular complexity index is 196. The van der Waals surface area contributed by atoms with Crippen LogP contribution < -0.4 is 0 Å². The SMILES string of the molecule is CCCCN(C=O)OC(=O)C(C)(C)C. The molecule has 0 aliphatic heterocycles. The van der Waals surface area contributed by atoms with Gasteiger partial charge in [0.2, 0.25) is 6.41 Å². The van der Waals surface area contributed by atoms with E-state index in [2.05, 4.69) is 0 Å². The first-order chi connectivity index (χ1) is 6.41. The first-order valence-corrected chi connectivity index (χ1v) is 4.86. The van der Waals surface area contributed by atoms with Gasteiger partial charge in [-0.3, -0.25) is 4.79 Å². The van der Waals surface area contributed by atoms with Crippen LogP contribution in [0.15, 0.2) is 0 Å². The van der Waals surface area contributed by atoms with Gasteiger partial charge in [0.25, 0.3) is 0 Å². The first-order valence-electron chi connectivity index (χ1n) is 4.86. The highest BCUT2D eigenvalue weighted by molar-refractivity contribution is 5.75. The van der Waals surface area contributed by atoms with Crippen LogP contribution in [-0.2, 0) is 14.4 Å². The summed E-state index contributed by atoms with van der Waals surface area (Å²) in [6.45, 7) is 7.71. The topological polar surface area (TPSA) is 46.6 Å². The van der Waals surface area contributed by atoms with E-state index in [-0.39, 0.29) is 5.97 Å². The molecule has 0 aromatic rings. The lowest BCUT2D eigenvalue weighted by Crippen LogP contribution is -2.33. The average molecular weight is 201 g/mol. The Hall–Kier alpha value is -1.06. The minimum absolute atomic E-state index is 0.388. The van der Waals surface area contributed by atoms with E-state index in [9.17, 15) is 9.59 Å². The predicted octanol–water partition coefficient (Wildman–Crippen LogP) is 1.75. The van der Waals surface area contributed by atoms with Crippen molar-refractivity contribution in [2.75, 3.05) is 6.54 Å². The van der Waals surface area contributed by atoms with Crippen LogP contribution in [0.4, 0.5) is 0 Å². The second-order valence-corrected chi connectivity index (χ2v) is 4.23. The second-order valence-electron chi connectivity index (χ2n) is 4.23. The Morgan fingerprint density at radius 3 is 2.36 bits per heavy atom. The molecule has 0 bridgehead atoms. The lowest BCUT2D eigenvalue weighted by Gasteiger charge is -2.21. The summed E-state index contributed by atoms with van der Waals surface area (Å²) in [5.41, 5.74) is -0.576. The number of unbranched alkanes of at least 4 members (excludes halogenated alkanes) is 1. The van der Waals surface area contributed by atoms with Gasteiger partial charge in [0.05, 0.1) is 12.0 Å². The van der Waals surface area contributed by atoms with Crippen LogP contribution in [-0.4, -0.2) is 24.0 Å². The average Bonchev–Trinajstić information content (AvgIpc) is 2.10. The number of carbonyl (C=O) groups excluding carboxylic acids is 2. The number of carbonyl (C=O) groups is 2. The number of hydroxylamine groups is 2. The lowest BCUT2D eigenvalue weighted by molar-refractivity contribution is -0.198. The number of nitrogens with zero attached hydrogens (tertiary/aromatic N) is 1. The number of hydrogen-bond acceptors (Lipinski definition) is 3. The van der Waals surface area contributed by atoms with E-state index in [1.807, 2.05) is 6.92 Å². The molecule has 0 aliphatic carbocycles. The number of hydrogen-bond donors (Lipinski definition) is 0. The van der Waals surface area contributed by atoms with Crippen LogP contribution in [0.5, 0.6) is 0 Å². The van der Waals surface area contributed by atoms with E-state index < -0.39 is 5.41 Å². The van der Waals surface area contributed by atoms with E-state index in [4.69, 9.17) is 4.84 Å². The Morgan fingerprint density at radius 2 is 2.00 bits per heavy atom. The molecule has 4 heteroatoms. The largest absolute Gasteiger partial charge is 0.338 e. The van der Waals surface area contributed by atoms with E-state index in [0.717, 1.165) is 17.9 Å². The summed E-state index contributed by atoms with van der Waals surface area (Å²) in [7, 11) is 0. The molecule has 14 heavy (non-hydrogen) atoms. The van der Waals surface area contributed by atoms with Crippen LogP contribution in [0.2, 0.25) is 0 Å². The van der Waals surface area contributed by atoms with Crippen molar-refractivity contribution in [3.05, 3.63) is 0 Å². The molecular weight excluding hydrogens is 182 g/mol. The molecule has 0 unspecified atom stereocenters. The summed E-state index contributed by atoms with van der Waals surface area (Å²) in [6.07, 6.45) is 2.33. The van der Waals surface area contributed by atoms with Crippen LogP contribution in [0.25, 0.3) is 0 Å². The van der Waals surface area contributed by atoms with E-state index in [0.29, 0.717) is 13.0 Å². The van der Waals surface area contributed by atoms with Crippen molar-refractivity contribution in [2.24, 2.45) is 5.41 Å². The van der Waals surface area contributed by atoms with Gasteiger partial charge in [-0.05, 0) is 27.2 Å². The highest BCUT2D eigenvalue weighted by Gasteiger charge is 2.25. The van der Waals surface area contributed by atoms with Gasteiger partial charge in [0.1, 0.15) is 0 Å². The molecule has 0 heterocycles. The smallest absolute Gasteiger partial charge is 0.337 e. The molecule has 0 saturated heterocycles. The summed E-state index contributed by atoms with van der Waals surface area (Å²) in [5.74, 6) is -0.388. The van der Waals surface area contributed by atoms with Gasteiger partial charge in [0.15, 0.2) is 0 Å². The quantitative estimate of drug-likeness (QED) is 0.503. The maximum atomic E-state index is 11.4. The molecule has 0 aromatic carbocycles. The van der Waals surface area contributed by atoms with Gasteiger partial charge in [-0.1, -0.05) is 13.3 Å². The van der Waals surface area contributed by atoms with Gasteiger partial charge in [0, 0.05) is 0 Å². The Balaban J connectivity index is 4.05. The maximum absolute atomic E-state index is 11.4. The fourth-order valence-electron chi connectivity index (χ4n) is 0.677. The van der Waals surface area contributed by atoms with E-state index in [1.165, 1.54) is 0 Å². The summed E-state index contributed by atoms with van der Waals surface area (Å²) in [4.78, 5) is 26.8. The van der Waals surface area contributed by atoms with Crippen molar-refractivity contribution in [3.63, 3.8) is 0 Å². The molecule has 0 spiro atoms. The summed E-state index contributed by atoms with van der Waals surface area (Å²) < 4.78 is 0. The van der Waals surface area contributed by atoms with Gasteiger partial charge < -0.3 is 4.84 Å². The summed E-state index contributed by atoms with van der Waals surface area (Å²) >= 11 is 0. The van der Waals surface area contributed by atoms with Crippen LogP contribution in [0, 0.1) is 5.41 Å². The molecule has 0 rings (SSSR count). The van der Waals surface area contributed by atoms with Crippen LogP contribution in [0.1, 0.15) is 40.5 Å².